The van der Waals surface area contributed by atoms with Crippen LogP contribution in [-0.2, 0) is 4.74 Å². The number of ketones is 1. The van der Waals surface area contributed by atoms with Crippen LogP contribution in [0.15, 0.2) is 16.6 Å². The summed E-state index contributed by atoms with van der Waals surface area (Å²) in [6.45, 7) is 0.303. The number of benzene rings is 1. The van der Waals surface area contributed by atoms with Gasteiger partial charge in [-0.2, -0.15) is 0 Å². The number of ether oxygens (including phenoxy) is 2. The van der Waals surface area contributed by atoms with E-state index in [1.165, 1.54) is 7.11 Å². The third kappa shape index (κ3) is 1.82. The molecule has 0 spiro atoms. The molecule has 1 aromatic rings. The molecule has 0 unspecified atom stereocenters. The zero-order valence-corrected chi connectivity index (χ0v) is 10.2. The minimum atomic E-state index is -0.507. The molecule has 0 N–H and O–H groups in total. The number of hydrogen-bond acceptors (Lipinski definition) is 4. The van der Waals surface area contributed by atoms with Crippen LogP contribution >= 0.6 is 15.9 Å². The lowest BCUT2D eigenvalue weighted by atomic mass is 10.0. The van der Waals surface area contributed by atoms with Gasteiger partial charge in [-0.25, -0.2) is 4.79 Å². The van der Waals surface area contributed by atoms with Crippen LogP contribution in [0, 0.1) is 0 Å². The highest BCUT2D eigenvalue weighted by molar-refractivity contribution is 9.10. The zero-order chi connectivity index (χ0) is 11.7. The van der Waals surface area contributed by atoms with Crippen molar-refractivity contribution in [3.05, 3.63) is 27.7 Å². The summed E-state index contributed by atoms with van der Waals surface area (Å²) in [6, 6.07) is 3.24. The molecule has 0 radical (unpaired) electrons. The lowest BCUT2D eigenvalue weighted by molar-refractivity contribution is 0.0595. The highest BCUT2D eigenvalue weighted by Crippen LogP contribution is 2.32. The highest BCUT2D eigenvalue weighted by atomic mass is 79.9. The van der Waals surface area contributed by atoms with E-state index in [-0.39, 0.29) is 11.3 Å². The van der Waals surface area contributed by atoms with Crippen LogP contribution in [0.25, 0.3) is 0 Å². The molecule has 0 bridgehead atoms. The number of hydrogen-bond donors (Lipinski definition) is 0. The normalized spacial score (nSPS) is 14.0. The Bertz CT molecular complexity index is 467. The number of methoxy groups -OCH3 is 1. The largest absolute Gasteiger partial charge is 0.491 e. The van der Waals surface area contributed by atoms with Crippen molar-refractivity contribution in [2.45, 2.75) is 6.42 Å². The van der Waals surface area contributed by atoms with E-state index in [4.69, 9.17) is 4.74 Å². The number of halogens is 1. The Morgan fingerprint density at radius 3 is 2.94 bits per heavy atom. The fourth-order valence-corrected chi connectivity index (χ4v) is 2.06. The van der Waals surface area contributed by atoms with Gasteiger partial charge in [0.1, 0.15) is 11.3 Å². The topological polar surface area (TPSA) is 52.6 Å². The van der Waals surface area contributed by atoms with E-state index in [0.717, 1.165) is 0 Å². The molecule has 84 valence electrons. The third-order valence-electron chi connectivity index (χ3n) is 2.33. The second kappa shape index (κ2) is 4.25. The Morgan fingerprint density at radius 2 is 2.25 bits per heavy atom. The Balaban J connectivity index is 2.61. The predicted molar refractivity (Wildman–Crippen MR) is 59.9 cm³/mol. The first-order valence-corrected chi connectivity index (χ1v) is 5.50. The smallest absolute Gasteiger partial charge is 0.341 e. The molecule has 1 aliphatic heterocycles. The van der Waals surface area contributed by atoms with Gasteiger partial charge in [0, 0.05) is 10.9 Å². The number of carbonyl (C=O) groups is 2. The Kier molecular flexibility index (Phi) is 2.96. The van der Waals surface area contributed by atoms with Crippen molar-refractivity contribution in [3.63, 3.8) is 0 Å². The Morgan fingerprint density at radius 1 is 1.50 bits per heavy atom. The number of rotatable bonds is 1. The van der Waals surface area contributed by atoms with E-state index in [9.17, 15) is 9.59 Å². The maximum absolute atomic E-state index is 11.6. The highest BCUT2D eigenvalue weighted by Gasteiger charge is 2.25. The molecule has 1 aliphatic rings. The van der Waals surface area contributed by atoms with Gasteiger partial charge in [0.2, 0.25) is 0 Å². The van der Waals surface area contributed by atoms with Gasteiger partial charge in [-0.1, -0.05) is 15.9 Å². The van der Waals surface area contributed by atoms with E-state index in [1.807, 2.05) is 0 Å². The summed E-state index contributed by atoms with van der Waals surface area (Å²) in [6.07, 6.45) is 0.337. The summed E-state index contributed by atoms with van der Waals surface area (Å²) >= 11 is 3.25. The van der Waals surface area contributed by atoms with Crippen LogP contribution < -0.4 is 4.74 Å². The van der Waals surface area contributed by atoms with Crippen LogP contribution in [0.2, 0.25) is 0 Å². The molecule has 0 aliphatic carbocycles. The maximum atomic E-state index is 11.6. The number of carbonyl (C=O) groups excluding carboxylic acids is 2. The second-order valence-corrected chi connectivity index (χ2v) is 4.26. The molecule has 2 rings (SSSR count). The molecule has 0 fully saturated rings. The van der Waals surface area contributed by atoms with Gasteiger partial charge in [0.05, 0.1) is 19.3 Å². The number of Topliss-reactive ketones (excluding diaryl/α,β-unsaturated/α-hetero) is 1. The van der Waals surface area contributed by atoms with Crippen LogP contribution in [0.4, 0.5) is 0 Å². The summed E-state index contributed by atoms with van der Waals surface area (Å²) in [5, 5.41) is 0. The van der Waals surface area contributed by atoms with Gasteiger partial charge < -0.3 is 9.47 Å². The summed E-state index contributed by atoms with van der Waals surface area (Å²) in [5.74, 6) is -0.203. The van der Waals surface area contributed by atoms with E-state index in [0.29, 0.717) is 28.8 Å². The first-order valence-electron chi connectivity index (χ1n) is 4.71. The Hall–Kier alpha value is -1.36. The quantitative estimate of drug-likeness (QED) is 0.742. The van der Waals surface area contributed by atoms with Crippen molar-refractivity contribution < 1.29 is 19.1 Å². The molecular formula is C11H9BrO4. The van der Waals surface area contributed by atoms with E-state index in [2.05, 4.69) is 20.7 Å². The molecule has 5 heteroatoms. The third-order valence-corrected chi connectivity index (χ3v) is 2.79. The van der Waals surface area contributed by atoms with Gasteiger partial charge in [-0.3, -0.25) is 4.79 Å². The fraction of sp³-hybridized carbons (Fsp3) is 0.273. The molecule has 0 amide bonds. The maximum Gasteiger partial charge on any atom is 0.341 e. The standard InChI is InChI=1S/C11H9BrO4/c1-15-11(14)8-5-6(12)4-7-9(13)2-3-16-10(7)8/h4-5H,2-3H2,1H3. The van der Waals surface area contributed by atoms with Gasteiger partial charge in [0.15, 0.2) is 5.78 Å². The first kappa shape index (κ1) is 11.1. The van der Waals surface area contributed by atoms with Crippen molar-refractivity contribution in [1.82, 2.24) is 0 Å². The van der Waals surface area contributed by atoms with Gasteiger partial charge in [-0.15, -0.1) is 0 Å². The molecule has 0 aromatic heterocycles. The van der Waals surface area contributed by atoms with Gasteiger partial charge >= 0.3 is 5.97 Å². The number of esters is 1. The molecule has 1 heterocycles. The average Bonchev–Trinajstić information content (AvgIpc) is 2.28. The Labute approximate surface area is 101 Å². The van der Waals surface area contributed by atoms with Gasteiger partial charge in [0.25, 0.3) is 0 Å². The van der Waals surface area contributed by atoms with Crippen LogP contribution in [-0.4, -0.2) is 25.5 Å². The fourth-order valence-electron chi connectivity index (χ4n) is 1.60. The van der Waals surface area contributed by atoms with Crippen LogP contribution in [0.1, 0.15) is 27.1 Å². The minimum Gasteiger partial charge on any atom is -0.491 e. The second-order valence-electron chi connectivity index (χ2n) is 3.34. The van der Waals surface area contributed by atoms with Crippen LogP contribution in [0.5, 0.6) is 5.75 Å². The first-order chi connectivity index (χ1) is 7.63. The van der Waals surface area contributed by atoms with E-state index < -0.39 is 5.97 Å². The lowest BCUT2D eigenvalue weighted by Gasteiger charge is -2.18. The predicted octanol–water partition coefficient (Wildman–Crippen LogP) is 2.20. The van der Waals surface area contributed by atoms with Crippen LogP contribution in [0.3, 0.4) is 0 Å². The zero-order valence-electron chi connectivity index (χ0n) is 8.58. The molecule has 0 saturated carbocycles. The van der Waals surface area contributed by atoms with Crippen molar-refractivity contribution in [1.29, 1.82) is 0 Å². The minimum absolute atomic E-state index is 0.0206. The van der Waals surface area contributed by atoms with Gasteiger partial charge in [-0.05, 0) is 12.1 Å². The average molecular weight is 285 g/mol. The van der Waals surface area contributed by atoms with Crippen molar-refractivity contribution in [2.24, 2.45) is 0 Å². The molecular weight excluding hydrogens is 276 g/mol. The summed E-state index contributed by atoms with van der Waals surface area (Å²) in [4.78, 5) is 23.2. The summed E-state index contributed by atoms with van der Waals surface area (Å²) in [5.41, 5.74) is 0.709. The lowest BCUT2D eigenvalue weighted by Crippen LogP contribution is -2.18. The molecule has 0 saturated heterocycles. The summed E-state index contributed by atoms with van der Waals surface area (Å²) in [7, 11) is 1.29. The molecule has 0 atom stereocenters. The SMILES string of the molecule is COC(=O)c1cc(Br)cc2c1OCCC2=O. The van der Waals surface area contributed by atoms with Crippen molar-refractivity contribution in [2.75, 3.05) is 13.7 Å². The van der Waals surface area contributed by atoms with E-state index >= 15 is 0 Å². The summed E-state index contributed by atoms with van der Waals surface area (Å²) < 4.78 is 10.7. The molecule has 4 nitrogen and oxygen atoms in total. The monoisotopic (exact) mass is 284 g/mol. The van der Waals surface area contributed by atoms with Crippen molar-refractivity contribution >= 4 is 27.7 Å². The number of fused-ring (bicyclic) bond motifs is 1. The molecule has 16 heavy (non-hydrogen) atoms. The van der Waals surface area contributed by atoms with Crippen molar-refractivity contribution in [3.8, 4) is 5.75 Å². The van der Waals surface area contributed by atoms with E-state index in [1.54, 1.807) is 12.1 Å². The molecule has 1 aromatic carbocycles.